The first-order chi connectivity index (χ1) is 10.8. The van der Waals surface area contributed by atoms with Gasteiger partial charge < -0.3 is 9.84 Å². The zero-order valence-corrected chi connectivity index (χ0v) is 13.6. The quantitative estimate of drug-likeness (QED) is 0.865. The van der Waals surface area contributed by atoms with Gasteiger partial charge in [0.05, 0.1) is 11.4 Å². The van der Waals surface area contributed by atoms with Gasteiger partial charge in [0, 0.05) is 12.6 Å². The number of aromatic nitrogens is 1. The van der Waals surface area contributed by atoms with E-state index in [2.05, 4.69) is 10.5 Å². The number of benzene rings is 1. The fourth-order valence-corrected chi connectivity index (χ4v) is 3.12. The third-order valence-corrected chi connectivity index (χ3v) is 5.30. The van der Waals surface area contributed by atoms with Gasteiger partial charge in [-0.25, -0.2) is 12.8 Å². The van der Waals surface area contributed by atoms with Gasteiger partial charge in [-0.05, 0) is 31.5 Å². The van der Waals surface area contributed by atoms with Crippen molar-refractivity contribution in [1.82, 2.24) is 10.5 Å². The number of rotatable bonds is 6. The van der Waals surface area contributed by atoms with Crippen LogP contribution in [0.5, 0.6) is 0 Å². The lowest BCUT2D eigenvalue weighted by atomic mass is 10.2. The third-order valence-electron chi connectivity index (χ3n) is 3.31. The number of sulfone groups is 1. The zero-order chi connectivity index (χ0) is 17.0. The van der Waals surface area contributed by atoms with Crippen LogP contribution in [0.1, 0.15) is 23.9 Å². The molecule has 1 heterocycles. The highest BCUT2D eigenvalue weighted by atomic mass is 32.2. The highest BCUT2D eigenvalue weighted by Crippen LogP contribution is 2.12. The first kappa shape index (κ1) is 17.1. The van der Waals surface area contributed by atoms with Crippen LogP contribution in [-0.2, 0) is 26.9 Å². The van der Waals surface area contributed by atoms with Crippen molar-refractivity contribution in [2.75, 3.05) is 0 Å². The van der Waals surface area contributed by atoms with E-state index in [0.29, 0.717) is 11.3 Å². The van der Waals surface area contributed by atoms with Crippen LogP contribution in [0, 0.1) is 12.7 Å². The van der Waals surface area contributed by atoms with Crippen molar-refractivity contribution >= 4 is 15.7 Å². The van der Waals surface area contributed by atoms with Gasteiger partial charge >= 0.3 is 0 Å². The molecule has 0 saturated heterocycles. The van der Waals surface area contributed by atoms with Crippen molar-refractivity contribution in [2.24, 2.45) is 0 Å². The number of hydrogen-bond donors (Lipinski definition) is 1. The molecular weight excluding hydrogens is 323 g/mol. The van der Waals surface area contributed by atoms with Crippen LogP contribution in [0.2, 0.25) is 0 Å². The molecule has 0 aliphatic carbocycles. The molecule has 1 aromatic heterocycles. The smallest absolute Gasteiger partial charge is 0.238 e. The van der Waals surface area contributed by atoms with Crippen LogP contribution < -0.4 is 5.32 Å². The van der Waals surface area contributed by atoms with Gasteiger partial charge in [0.1, 0.15) is 16.8 Å². The molecule has 0 spiro atoms. The fourth-order valence-electron chi connectivity index (χ4n) is 1.92. The van der Waals surface area contributed by atoms with Crippen molar-refractivity contribution in [3.8, 4) is 0 Å². The summed E-state index contributed by atoms with van der Waals surface area (Å²) in [5.41, 5.74) is 0.942. The van der Waals surface area contributed by atoms with Gasteiger partial charge in [0.15, 0.2) is 9.84 Å². The summed E-state index contributed by atoms with van der Waals surface area (Å²) in [6.07, 6.45) is 0. The number of nitrogens with zero attached hydrogens (tertiary/aromatic N) is 1. The molecule has 6 nitrogen and oxygen atoms in total. The molecule has 0 aliphatic rings. The largest absolute Gasteiger partial charge is 0.361 e. The molecule has 2 aromatic rings. The van der Waals surface area contributed by atoms with Crippen molar-refractivity contribution in [3.05, 3.63) is 53.2 Å². The number of halogens is 1. The van der Waals surface area contributed by atoms with Crippen LogP contribution >= 0.6 is 0 Å². The Morgan fingerprint density at radius 2 is 2.00 bits per heavy atom. The van der Waals surface area contributed by atoms with Crippen LogP contribution in [0.15, 0.2) is 34.9 Å². The Kier molecular flexibility index (Phi) is 5.15. The highest BCUT2D eigenvalue weighted by Gasteiger charge is 2.29. The number of carbonyl (C=O) groups excluding carboxylic acids is 1. The molecule has 124 valence electrons. The van der Waals surface area contributed by atoms with Crippen molar-refractivity contribution < 1.29 is 22.1 Å². The summed E-state index contributed by atoms with van der Waals surface area (Å²) < 4.78 is 42.0. The summed E-state index contributed by atoms with van der Waals surface area (Å²) in [5.74, 6) is -0.854. The fraction of sp³-hybridized carbons (Fsp3) is 0.333. The molecule has 1 N–H and O–H groups in total. The number of amides is 1. The Hall–Kier alpha value is -2.22. The summed E-state index contributed by atoms with van der Waals surface area (Å²) in [7, 11) is -3.70. The zero-order valence-electron chi connectivity index (χ0n) is 12.7. The van der Waals surface area contributed by atoms with E-state index >= 15 is 0 Å². The van der Waals surface area contributed by atoms with Crippen LogP contribution in [-0.4, -0.2) is 24.7 Å². The Balaban J connectivity index is 1.96. The molecule has 0 aliphatic heterocycles. The van der Waals surface area contributed by atoms with Gasteiger partial charge in [0.2, 0.25) is 5.91 Å². The number of hydrogen-bond acceptors (Lipinski definition) is 5. The Bertz CT molecular complexity index is 784. The average molecular weight is 340 g/mol. The minimum absolute atomic E-state index is 0.127. The monoisotopic (exact) mass is 340 g/mol. The molecule has 0 radical (unpaired) electrons. The standard InChI is InChI=1S/C15H17FN2O4S/c1-10-7-14(18-22-10)9-23(20,21)11(2)15(19)17-8-12-3-5-13(16)6-4-12/h3-7,11H,8-9H2,1-2H3,(H,17,19)/t11-/m1/s1. The minimum atomic E-state index is -3.70. The maximum absolute atomic E-state index is 12.8. The summed E-state index contributed by atoms with van der Waals surface area (Å²) in [4.78, 5) is 12.0. The topological polar surface area (TPSA) is 89.3 Å². The van der Waals surface area contributed by atoms with Crippen molar-refractivity contribution in [1.29, 1.82) is 0 Å². The van der Waals surface area contributed by atoms with Gasteiger partial charge in [0.25, 0.3) is 0 Å². The second-order valence-corrected chi connectivity index (χ2v) is 7.54. The van der Waals surface area contributed by atoms with Crippen LogP contribution in [0.3, 0.4) is 0 Å². The van der Waals surface area contributed by atoms with E-state index in [0.717, 1.165) is 0 Å². The maximum Gasteiger partial charge on any atom is 0.238 e. The predicted molar refractivity (Wildman–Crippen MR) is 81.6 cm³/mol. The second-order valence-electron chi connectivity index (χ2n) is 5.22. The normalized spacial score (nSPS) is 12.8. The van der Waals surface area contributed by atoms with Gasteiger partial charge in [-0.1, -0.05) is 17.3 Å². The lowest BCUT2D eigenvalue weighted by Crippen LogP contribution is -2.38. The van der Waals surface area contributed by atoms with Gasteiger partial charge in [-0.15, -0.1) is 0 Å². The highest BCUT2D eigenvalue weighted by molar-refractivity contribution is 7.92. The molecule has 1 amide bonds. The maximum atomic E-state index is 12.8. The molecule has 2 rings (SSSR count). The summed E-state index contributed by atoms with van der Waals surface area (Å²) >= 11 is 0. The van der Waals surface area contributed by atoms with E-state index in [1.165, 1.54) is 37.3 Å². The minimum Gasteiger partial charge on any atom is -0.361 e. The average Bonchev–Trinajstić information content (AvgIpc) is 2.90. The predicted octanol–water partition coefficient (Wildman–Crippen LogP) is 1.74. The Morgan fingerprint density at radius 3 is 2.57 bits per heavy atom. The Labute approximate surface area is 133 Å². The number of carbonyl (C=O) groups is 1. The number of aryl methyl sites for hydroxylation is 1. The molecule has 0 saturated carbocycles. The second kappa shape index (κ2) is 6.91. The van der Waals surface area contributed by atoms with E-state index in [1.807, 2.05) is 0 Å². The SMILES string of the molecule is Cc1cc(CS(=O)(=O)[C@H](C)C(=O)NCc2ccc(F)cc2)no1. The molecule has 0 fully saturated rings. The van der Waals surface area contributed by atoms with Gasteiger partial charge in [-0.2, -0.15) is 0 Å². The summed E-state index contributed by atoms with van der Waals surface area (Å²) in [6, 6.07) is 7.10. The lowest BCUT2D eigenvalue weighted by Gasteiger charge is -2.12. The van der Waals surface area contributed by atoms with Gasteiger partial charge in [-0.3, -0.25) is 4.79 Å². The molecule has 23 heavy (non-hydrogen) atoms. The van der Waals surface area contributed by atoms with Crippen molar-refractivity contribution in [3.63, 3.8) is 0 Å². The van der Waals surface area contributed by atoms with E-state index in [-0.39, 0.29) is 23.8 Å². The molecular formula is C15H17FN2O4S. The lowest BCUT2D eigenvalue weighted by molar-refractivity contribution is -0.120. The molecule has 0 unspecified atom stereocenters. The first-order valence-corrected chi connectivity index (χ1v) is 8.65. The van der Waals surface area contributed by atoms with Crippen LogP contribution in [0.25, 0.3) is 0 Å². The molecule has 8 heteroatoms. The first-order valence-electron chi connectivity index (χ1n) is 6.94. The molecule has 1 aromatic carbocycles. The van der Waals surface area contributed by atoms with Crippen molar-refractivity contribution in [2.45, 2.75) is 31.4 Å². The summed E-state index contributed by atoms with van der Waals surface area (Å²) in [6.45, 7) is 3.10. The number of nitrogens with one attached hydrogen (secondary N) is 1. The van der Waals surface area contributed by atoms with E-state index in [1.54, 1.807) is 6.92 Å². The molecule has 1 atom stereocenters. The summed E-state index contributed by atoms with van der Waals surface area (Å²) in [5, 5.41) is 4.93. The van der Waals surface area contributed by atoms with Crippen LogP contribution in [0.4, 0.5) is 4.39 Å². The van der Waals surface area contributed by atoms with E-state index in [4.69, 9.17) is 4.52 Å². The Morgan fingerprint density at radius 1 is 1.35 bits per heavy atom. The third kappa shape index (κ3) is 4.62. The van der Waals surface area contributed by atoms with E-state index in [9.17, 15) is 17.6 Å². The molecule has 0 bridgehead atoms. The van der Waals surface area contributed by atoms with E-state index < -0.39 is 21.0 Å².